The highest BCUT2D eigenvalue weighted by Crippen LogP contribution is 2.39. The van der Waals surface area contributed by atoms with Crippen molar-refractivity contribution in [1.82, 2.24) is 74.8 Å². The monoisotopic (exact) mass is 1520 g/mol. The van der Waals surface area contributed by atoms with E-state index < -0.39 is 10.8 Å². The number of ketones is 1. The summed E-state index contributed by atoms with van der Waals surface area (Å²) in [7, 11) is -1.40. The minimum Gasteiger partial charge on any atom is -0.492 e. The number of rotatable bonds is 23. The molecule has 10 heterocycles. The Morgan fingerprint density at radius 2 is 0.703 bits per heavy atom. The van der Waals surface area contributed by atoms with E-state index in [2.05, 4.69) is 136 Å². The van der Waals surface area contributed by atoms with Gasteiger partial charge in [0.25, 0.3) is 0 Å². The quantitative estimate of drug-likeness (QED) is 0.0293. The molecule has 0 spiro atoms. The van der Waals surface area contributed by atoms with E-state index in [0.29, 0.717) is 138 Å². The van der Waals surface area contributed by atoms with Crippen molar-refractivity contribution in [3.8, 4) is 57.5 Å². The fraction of sp³-hybridized carbons (Fsp3) is 0.293. The van der Waals surface area contributed by atoms with E-state index >= 15 is 0 Å². The minimum absolute atomic E-state index is 0.122. The number of anilines is 5. The third kappa shape index (κ3) is 24.4. The van der Waals surface area contributed by atoms with Gasteiger partial charge in [-0.05, 0) is 102 Å². The zero-order chi connectivity index (χ0) is 81.5. The molecule has 0 saturated heterocycles. The van der Waals surface area contributed by atoms with Gasteiger partial charge in [-0.25, -0.2) is 59.0 Å². The molecule has 28 nitrogen and oxygen atoms in total. The zero-order valence-electron chi connectivity index (χ0n) is 66.1. The number of carbonyl (C=O) groups excluding carboxylic acids is 1. The maximum absolute atomic E-state index is 12.8. The van der Waals surface area contributed by atoms with Gasteiger partial charge in [-0.2, -0.15) is 0 Å². The summed E-state index contributed by atoms with van der Waals surface area (Å²) in [5.74, 6) is 11.1. The molecule has 0 amide bonds. The van der Waals surface area contributed by atoms with E-state index in [9.17, 15) is 9.00 Å². The Bertz CT molecular complexity index is 5000. The number of allylic oxidation sites excluding steroid dienone is 1. The molecular formula is C82H98N20O8S. The molecule has 111 heavy (non-hydrogen) atoms. The van der Waals surface area contributed by atoms with Crippen molar-refractivity contribution in [3.05, 3.63) is 222 Å². The highest BCUT2D eigenvalue weighted by atomic mass is 32.2. The SMILES string of the molecule is C=C(C)c1cc(Oc2cnc(C)nc2N)c(C(C)C)cn1.C=C(OCC)c1cc(Oc2cnc(C)nc2N)c(C(C)C)cn1.C=Cc1cc(Oc2cnc(C)nc2N)c(C(C)C)cn1.CC(=O)c1cc(Oc2cnc(C)nc2N)c(C(C)C)cn1.Cc1ncc(Oc2cc(S(=O)c3ccccc3)ncc2C(C)C)c(N)n1. The van der Waals surface area contributed by atoms with Gasteiger partial charge in [0.05, 0.1) is 49.0 Å². The van der Waals surface area contributed by atoms with E-state index in [1.54, 1.807) is 114 Å². The highest BCUT2D eigenvalue weighted by Gasteiger charge is 2.22. The molecule has 0 aliphatic heterocycles. The predicted octanol–water partition coefficient (Wildman–Crippen LogP) is 17.4. The van der Waals surface area contributed by atoms with Gasteiger partial charge in [0.15, 0.2) is 63.6 Å². The number of aryl methyl sites for hydroxylation is 5. The van der Waals surface area contributed by atoms with E-state index in [0.717, 1.165) is 44.8 Å². The zero-order valence-corrected chi connectivity index (χ0v) is 66.9. The number of carbonyl (C=O) groups is 1. The Labute approximate surface area is 650 Å². The van der Waals surface area contributed by atoms with Crippen molar-refractivity contribution in [2.45, 2.75) is 164 Å². The number of ether oxygens (including phenoxy) is 6. The summed E-state index contributed by atoms with van der Waals surface area (Å²) in [6.07, 6.45) is 18.2. The summed E-state index contributed by atoms with van der Waals surface area (Å²) in [6, 6.07) is 18.0. The lowest BCUT2D eigenvalue weighted by atomic mass is 10.0. The standard InChI is InChI=1S/C19H20N4O2S.C17H22N4O2.C16H20N4O.C15H18N4O2.C15H18N4O/c1-12(2)15-10-22-18(26(24)14-7-5-4-6-8-14)9-16(15)25-17-11-21-13(3)23-19(17)20;1-6-22-11(4)14-7-15(13(8-20-14)10(2)3)23-16-9-19-12(5)21-17(16)18;1-9(2)12-7-19-13(10(3)4)6-14(12)21-15-8-18-11(5)20-16(15)17;1-8(2)11-6-18-12(9(3)20)5-13(11)21-14-7-17-10(4)19-15(14)16;1-5-11-6-13(12(7-18-11)9(2)3)20-14-8-17-10(4)19-15(14)16/h4-12H,1-3H3,(H2,20,21,23);7-10H,4,6H2,1-3,5H3,(H2,18,19,21);6-9H,3H2,1-2,4-5H3,(H2,17,18,20);5-8H,1-4H3,(H2,16,17,19);5-9H,1H2,2-4H3,(H2,16,17,19). The van der Waals surface area contributed by atoms with Gasteiger partial charge >= 0.3 is 0 Å². The average molecular weight is 1520 g/mol. The Morgan fingerprint density at radius 1 is 0.405 bits per heavy atom. The van der Waals surface area contributed by atoms with E-state index in [1.165, 1.54) is 19.3 Å². The largest absolute Gasteiger partial charge is 0.492 e. The predicted molar refractivity (Wildman–Crippen MR) is 434 cm³/mol. The van der Waals surface area contributed by atoms with Crippen LogP contribution in [0.5, 0.6) is 57.5 Å². The van der Waals surface area contributed by atoms with Gasteiger partial charge in [0.1, 0.15) is 90.8 Å². The van der Waals surface area contributed by atoms with Crippen molar-refractivity contribution >= 4 is 63.1 Å². The van der Waals surface area contributed by atoms with Crippen LogP contribution in [0.1, 0.15) is 204 Å². The molecule has 10 aromatic heterocycles. The molecule has 0 fully saturated rings. The lowest BCUT2D eigenvalue weighted by Gasteiger charge is -2.16. The molecule has 1 atom stereocenters. The molecule has 0 aliphatic carbocycles. The first-order valence-corrected chi connectivity index (χ1v) is 36.7. The number of aromatic nitrogens is 15. The number of nitrogens with two attached hydrogens (primary N) is 5. The van der Waals surface area contributed by atoms with Gasteiger partial charge in [0, 0.05) is 101 Å². The topological polar surface area (TPSA) is 413 Å². The molecule has 0 aliphatic rings. The normalized spacial score (nSPS) is 11.0. The molecule has 11 rings (SSSR count). The molecule has 1 unspecified atom stereocenters. The first kappa shape index (κ1) is 85.5. The Balaban J connectivity index is 0.000000193. The number of hydrogen-bond acceptors (Lipinski definition) is 28. The van der Waals surface area contributed by atoms with Gasteiger partial charge in [-0.1, -0.05) is 107 Å². The van der Waals surface area contributed by atoms with Crippen LogP contribution in [0, 0.1) is 34.6 Å². The smallest absolute Gasteiger partial charge is 0.187 e. The van der Waals surface area contributed by atoms with Crippen LogP contribution in [-0.4, -0.2) is 91.4 Å². The third-order valence-corrected chi connectivity index (χ3v) is 17.3. The Kier molecular flexibility index (Phi) is 30.7. The average Bonchev–Trinajstić information content (AvgIpc) is 0.832. The number of Topliss-reactive ketones (excluding diaryl/α,β-unsaturated/α-hetero) is 1. The number of pyridine rings is 5. The van der Waals surface area contributed by atoms with Crippen molar-refractivity contribution in [1.29, 1.82) is 0 Å². The van der Waals surface area contributed by atoms with Crippen LogP contribution in [0.25, 0.3) is 17.4 Å². The van der Waals surface area contributed by atoms with E-state index in [4.69, 9.17) is 57.1 Å². The van der Waals surface area contributed by atoms with Crippen molar-refractivity contribution in [2.24, 2.45) is 0 Å². The summed E-state index contributed by atoms with van der Waals surface area (Å²) in [5, 5.41) is 0.419. The fourth-order valence-electron chi connectivity index (χ4n) is 9.92. The van der Waals surface area contributed by atoms with Crippen LogP contribution in [-0.2, 0) is 15.5 Å². The lowest BCUT2D eigenvalue weighted by molar-refractivity contribution is 0.101. The summed E-state index contributed by atoms with van der Waals surface area (Å²) in [4.78, 5) is 74.8. The minimum atomic E-state index is -1.40. The second-order valence-corrected chi connectivity index (χ2v) is 28.1. The van der Waals surface area contributed by atoms with Crippen LogP contribution >= 0.6 is 0 Å². The summed E-state index contributed by atoms with van der Waals surface area (Å²) in [5.41, 5.74) is 37.5. The maximum atomic E-state index is 12.8. The number of nitrogens with zero attached hydrogens (tertiary/aromatic N) is 15. The molecule has 29 heteroatoms. The fourth-order valence-corrected chi connectivity index (χ4v) is 10.9. The van der Waals surface area contributed by atoms with Crippen LogP contribution < -0.4 is 52.4 Å². The van der Waals surface area contributed by atoms with Crippen molar-refractivity contribution in [3.63, 3.8) is 0 Å². The molecule has 11 aromatic rings. The Hall–Kier alpha value is -12.8. The number of hydrogen-bond donors (Lipinski definition) is 5. The molecular weight excluding hydrogens is 1430 g/mol. The van der Waals surface area contributed by atoms with Gasteiger partial charge in [0.2, 0.25) is 0 Å². The second kappa shape index (κ2) is 39.9. The van der Waals surface area contributed by atoms with Gasteiger partial charge in [-0.15, -0.1) is 0 Å². The molecule has 1 aromatic carbocycles. The van der Waals surface area contributed by atoms with Crippen LogP contribution in [0.4, 0.5) is 29.1 Å². The summed E-state index contributed by atoms with van der Waals surface area (Å²) in [6.45, 7) is 46.7. The number of benzene rings is 1. The highest BCUT2D eigenvalue weighted by molar-refractivity contribution is 7.85. The molecule has 0 bridgehead atoms. The molecule has 580 valence electrons. The number of nitrogen functional groups attached to an aromatic ring is 5. The lowest BCUT2D eigenvalue weighted by Crippen LogP contribution is -2.04. The van der Waals surface area contributed by atoms with Crippen molar-refractivity contribution in [2.75, 3.05) is 35.3 Å². The second-order valence-electron chi connectivity index (χ2n) is 26.6. The molecule has 10 N–H and O–H groups in total. The van der Waals surface area contributed by atoms with Crippen LogP contribution in [0.3, 0.4) is 0 Å². The third-order valence-electron chi connectivity index (χ3n) is 16.0. The van der Waals surface area contributed by atoms with Gasteiger partial charge in [-0.3, -0.25) is 24.7 Å². The molecule has 0 saturated carbocycles. The maximum Gasteiger partial charge on any atom is 0.187 e. The van der Waals surface area contributed by atoms with Gasteiger partial charge < -0.3 is 57.1 Å². The molecule has 0 radical (unpaired) electrons. The van der Waals surface area contributed by atoms with Crippen LogP contribution in [0.15, 0.2) is 152 Å². The van der Waals surface area contributed by atoms with Crippen LogP contribution in [0.2, 0.25) is 0 Å². The summed E-state index contributed by atoms with van der Waals surface area (Å²) < 4.78 is 47.7. The first-order chi connectivity index (χ1) is 52.6. The Morgan fingerprint density at radius 3 is 1.02 bits per heavy atom. The first-order valence-electron chi connectivity index (χ1n) is 35.6. The van der Waals surface area contributed by atoms with Crippen molar-refractivity contribution < 1.29 is 37.4 Å². The van der Waals surface area contributed by atoms with E-state index in [1.807, 2.05) is 78.1 Å². The summed E-state index contributed by atoms with van der Waals surface area (Å²) >= 11 is 0. The van der Waals surface area contributed by atoms with E-state index in [-0.39, 0.29) is 47.0 Å².